The molecule has 0 aromatic carbocycles. The molecule has 0 aliphatic rings. The fourth-order valence-electron chi connectivity index (χ4n) is 1.14. The molecule has 2 atom stereocenters. The fraction of sp³-hybridized carbons (Fsp3) is 0.750. The Hall–Kier alpha value is -0.590. The number of hydrogen-bond donors (Lipinski definition) is 1. The summed E-state index contributed by atoms with van der Waals surface area (Å²) >= 11 is 0. The number of ether oxygens (including phenoxy) is 2. The first-order chi connectivity index (χ1) is 8.38. The van der Waals surface area contributed by atoms with Crippen LogP contribution in [-0.4, -0.2) is 35.2 Å². The van der Waals surface area contributed by atoms with Gasteiger partial charge in [0.1, 0.15) is 0 Å². The number of aliphatic carboxylic acids is 1. The van der Waals surface area contributed by atoms with Crippen LogP contribution in [0.2, 0.25) is 0 Å². The maximum absolute atomic E-state index is 11.4. The molecule has 0 aromatic rings. The minimum absolute atomic E-state index is 0. The molecule has 7 heteroatoms. The zero-order valence-electron chi connectivity index (χ0n) is 13.0. The van der Waals surface area contributed by atoms with Gasteiger partial charge in [-0.2, -0.15) is 0 Å². The van der Waals surface area contributed by atoms with E-state index in [0.717, 1.165) is 12.8 Å². The van der Waals surface area contributed by atoms with Crippen molar-refractivity contribution >= 4 is 17.9 Å². The molecule has 0 aromatic heterocycles. The van der Waals surface area contributed by atoms with Crippen LogP contribution in [0.15, 0.2) is 0 Å². The van der Waals surface area contributed by atoms with Gasteiger partial charge in [0, 0.05) is 6.42 Å². The molecular formula is C12H21NaO6. The molecule has 0 heterocycles. The SMILES string of the molecule is CCCCCC(=O)OC(C)C(=O)OC(C)C(=O)O.[H-].[Na+]. The van der Waals surface area contributed by atoms with E-state index in [4.69, 9.17) is 9.84 Å². The second-order valence-electron chi connectivity index (χ2n) is 4.01. The van der Waals surface area contributed by atoms with Gasteiger partial charge in [-0.15, -0.1) is 0 Å². The summed E-state index contributed by atoms with van der Waals surface area (Å²) in [5, 5.41) is 8.55. The number of carboxylic acids is 1. The number of esters is 2. The maximum atomic E-state index is 11.4. The number of carboxylic acid groups (broad SMARTS) is 1. The van der Waals surface area contributed by atoms with Crippen molar-refractivity contribution in [3.05, 3.63) is 0 Å². The van der Waals surface area contributed by atoms with E-state index in [2.05, 4.69) is 4.74 Å². The van der Waals surface area contributed by atoms with E-state index < -0.39 is 30.1 Å². The molecule has 0 amide bonds. The fourth-order valence-corrected chi connectivity index (χ4v) is 1.14. The minimum Gasteiger partial charge on any atom is -1.00 e. The third kappa shape index (κ3) is 9.92. The second-order valence-corrected chi connectivity index (χ2v) is 4.01. The first-order valence-electron chi connectivity index (χ1n) is 6.01. The number of hydrogen-bond acceptors (Lipinski definition) is 5. The van der Waals surface area contributed by atoms with Crippen LogP contribution >= 0.6 is 0 Å². The van der Waals surface area contributed by atoms with E-state index in [1.807, 2.05) is 6.92 Å². The summed E-state index contributed by atoms with van der Waals surface area (Å²) in [6.45, 7) is 4.60. The number of carbonyl (C=O) groups is 3. The van der Waals surface area contributed by atoms with Crippen LogP contribution in [0.25, 0.3) is 0 Å². The van der Waals surface area contributed by atoms with E-state index in [1.54, 1.807) is 0 Å². The van der Waals surface area contributed by atoms with Gasteiger partial charge < -0.3 is 16.0 Å². The summed E-state index contributed by atoms with van der Waals surface area (Å²) in [5.41, 5.74) is 0. The van der Waals surface area contributed by atoms with Crippen molar-refractivity contribution in [2.45, 2.75) is 58.7 Å². The number of unbranched alkanes of at least 4 members (excludes halogenated alkanes) is 2. The predicted molar refractivity (Wildman–Crippen MR) is 64.0 cm³/mol. The Balaban J connectivity index is -0.00000144. The molecule has 0 saturated heterocycles. The zero-order chi connectivity index (χ0) is 14.1. The Bertz CT molecular complexity index is 310. The van der Waals surface area contributed by atoms with Crippen molar-refractivity contribution in [2.24, 2.45) is 0 Å². The van der Waals surface area contributed by atoms with Crippen molar-refractivity contribution in [3.63, 3.8) is 0 Å². The monoisotopic (exact) mass is 284 g/mol. The molecule has 2 unspecified atom stereocenters. The standard InChI is InChI=1S/C12H20O6.Na.H/c1-4-5-6-7-10(13)17-9(3)12(16)18-8(2)11(14)15;;/h8-9H,4-7H2,1-3H3,(H,14,15);;/q;+1;-1. The normalized spacial score (nSPS) is 12.8. The topological polar surface area (TPSA) is 89.9 Å². The Morgan fingerprint density at radius 2 is 1.68 bits per heavy atom. The average molecular weight is 284 g/mol. The molecule has 0 spiro atoms. The van der Waals surface area contributed by atoms with Crippen molar-refractivity contribution in [3.8, 4) is 0 Å². The molecule has 0 aliphatic heterocycles. The van der Waals surface area contributed by atoms with E-state index in [0.29, 0.717) is 6.42 Å². The van der Waals surface area contributed by atoms with Gasteiger partial charge in [-0.05, 0) is 20.3 Å². The Kier molecular flexibility index (Phi) is 12.3. The summed E-state index contributed by atoms with van der Waals surface area (Å²) in [6.07, 6.45) is 0.535. The van der Waals surface area contributed by atoms with Crippen LogP contribution < -0.4 is 29.6 Å². The van der Waals surface area contributed by atoms with E-state index >= 15 is 0 Å². The van der Waals surface area contributed by atoms with E-state index in [1.165, 1.54) is 13.8 Å². The molecule has 19 heavy (non-hydrogen) atoms. The molecule has 0 radical (unpaired) electrons. The second kappa shape index (κ2) is 11.3. The third-order valence-electron chi connectivity index (χ3n) is 2.27. The summed E-state index contributed by atoms with van der Waals surface area (Å²) < 4.78 is 9.42. The molecule has 106 valence electrons. The number of rotatable bonds is 8. The molecule has 0 fully saturated rings. The zero-order valence-corrected chi connectivity index (χ0v) is 14.0. The molecule has 0 bridgehead atoms. The van der Waals surface area contributed by atoms with Crippen LogP contribution in [0.4, 0.5) is 0 Å². The quantitative estimate of drug-likeness (QED) is 0.336. The molecule has 0 aliphatic carbocycles. The molecule has 0 saturated carbocycles. The summed E-state index contributed by atoms with van der Waals surface area (Å²) in [5.74, 6) is -2.57. The van der Waals surface area contributed by atoms with Gasteiger partial charge in [0.2, 0.25) is 0 Å². The first-order valence-corrected chi connectivity index (χ1v) is 6.01. The van der Waals surface area contributed by atoms with Crippen molar-refractivity contribution < 1.29 is 59.9 Å². The molecular weight excluding hydrogens is 263 g/mol. The summed E-state index contributed by atoms with van der Waals surface area (Å²) in [4.78, 5) is 33.1. The Morgan fingerprint density at radius 3 is 2.16 bits per heavy atom. The van der Waals surface area contributed by atoms with Gasteiger partial charge in [0.15, 0.2) is 12.2 Å². The van der Waals surface area contributed by atoms with Crippen LogP contribution in [0, 0.1) is 0 Å². The van der Waals surface area contributed by atoms with E-state index in [-0.39, 0.29) is 37.4 Å². The van der Waals surface area contributed by atoms with E-state index in [9.17, 15) is 14.4 Å². The first kappa shape index (κ1) is 20.7. The van der Waals surface area contributed by atoms with Gasteiger partial charge in [-0.3, -0.25) is 4.79 Å². The molecule has 0 rings (SSSR count). The molecule has 6 nitrogen and oxygen atoms in total. The van der Waals surface area contributed by atoms with Gasteiger partial charge in [-0.25, -0.2) is 9.59 Å². The van der Waals surface area contributed by atoms with Crippen LogP contribution in [0.3, 0.4) is 0 Å². The Labute approximate surface area is 136 Å². The van der Waals surface area contributed by atoms with Crippen LogP contribution in [0.5, 0.6) is 0 Å². The third-order valence-corrected chi connectivity index (χ3v) is 2.27. The van der Waals surface area contributed by atoms with Crippen molar-refractivity contribution in [1.29, 1.82) is 0 Å². The predicted octanol–water partition coefficient (Wildman–Crippen LogP) is -1.37. The largest absolute Gasteiger partial charge is 1.00 e. The number of carbonyl (C=O) groups excluding carboxylic acids is 2. The van der Waals surface area contributed by atoms with Crippen molar-refractivity contribution in [1.82, 2.24) is 0 Å². The summed E-state index contributed by atoms with van der Waals surface area (Å²) in [7, 11) is 0. The minimum atomic E-state index is -1.25. The van der Waals surface area contributed by atoms with Gasteiger partial charge in [-0.1, -0.05) is 19.8 Å². The average Bonchev–Trinajstić information content (AvgIpc) is 2.28. The van der Waals surface area contributed by atoms with Crippen molar-refractivity contribution in [2.75, 3.05) is 0 Å². The Morgan fingerprint density at radius 1 is 1.11 bits per heavy atom. The molecule has 1 N–H and O–H groups in total. The van der Waals surface area contributed by atoms with Crippen LogP contribution in [-0.2, 0) is 23.9 Å². The van der Waals surface area contributed by atoms with Gasteiger partial charge >= 0.3 is 47.5 Å². The smallest absolute Gasteiger partial charge is 1.00 e. The maximum Gasteiger partial charge on any atom is 1.00 e. The van der Waals surface area contributed by atoms with Crippen LogP contribution in [0.1, 0.15) is 47.9 Å². The van der Waals surface area contributed by atoms with Gasteiger partial charge in [0.05, 0.1) is 0 Å². The summed E-state index contributed by atoms with van der Waals surface area (Å²) in [6, 6.07) is 0. The van der Waals surface area contributed by atoms with Gasteiger partial charge in [0.25, 0.3) is 0 Å².